The number of rotatable bonds is 4. The van der Waals surface area contributed by atoms with Gasteiger partial charge in [-0.05, 0) is 11.6 Å². The molecule has 3 rings (SSSR count). The number of benzene rings is 1. The number of nitrogens with one attached hydrogen (secondary N) is 1. The van der Waals surface area contributed by atoms with Gasteiger partial charge >= 0.3 is 0 Å². The van der Waals surface area contributed by atoms with Crippen LogP contribution >= 0.6 is 0 Å². The molecule has 90 valence electrons. The Hall–Kier alpha value is -2.27. The van der Waals surface area contributed by atoms with Crippen LogP contribution < -0.4 is 5.32 Å². The Labute approximate surface area is 104 Å². The van der Waals surface area contributed by atoms with E-state index in [9.17, 15) is 0 Å². The number of para-hydroxylation sites is 1. The van der Waals surface area contributed by atoms with Crippen molar-refractivity contribution >= 4 is 10.9 Å². The predicted molar refractivity (Wildman–Crippen MR) is 66.6 cm³/mol. The van der Waals surface area contributed by atoms with Crippen molar-refractivity contribution in [2.45, 2.75) is 13.1 Å². The molecule has 1 N–H and O–H groups in total. The minimum atomic E-state index is 0.583. The zero-order chi connectivity index (χ0) is 12.2. The number of hydrogen-bond donors (Lipinski definition) is 1. The summed E-state index contributed by atoms with van der Waals surface area (Å²) in [6, 6.07) is 10.2. The molecular weight excluding hydrogens is 228 g/mol. The van der Waals surface area contributed by atoms with Gasteiger partial charge in [0, 0.05) is 18.1 Å². The maximum Gasteiger partial charge on any atom is 0.213 e. The van der Waals surface area contributed by atoms with Gasteiger partial charge in [-0.25, -0.2) is 0 Å². The largest absolute Gasteiger partial charge is 0.343 e. The third-order valence-electron chi connectivity index (χ3n) is 2.72. The van der Waals surface area contributed by atoms with Crippen molar-refractivity contribution < 1.29 is 4.52 Å². The first-order valence-electron chi connectivity index (χ1n) is 5.72. The lowest BCUT2D eigenvalue weighted by molar-refractivity contribution is 0.407. The summed E-state index contributed by atoms with van der Waals surface area (Å²) >= 11 is 0. The Morgan fingerprint density at radius 2 is 2.00 bits per heavy atom. The predicted octanol–water partition coefficient (Wildman–Crippen LogP) is 1.91. The normalized spacial score (nSPS) is 10.9. The van der Waals surface area contributed by atoms with Gasteiger partial charge in [-0.1, -0.05) is 29.4 Å². The van der Waals surface area contributed by atoms with Crippen LogP contribution in [-0.2, 0) is 13.1 Å². The standard InChI is InChI=1S/C13H12N4O/c1-3-10-5-2-6-15-13(10)11(4-1)7-14-8-12-16-9-18-17-12/h1-6,9,14H,7-8H2. The lowest BCUT2D eigenvalue weighted by Gasteiger charge is -2.05. The van der Waals surface area contributed by atoms with Gasteiger partial charge in [0.05, 0.1) is 12.1 Å². The van der Waals surface area contributed by atoms with Crippen LogP contribution in [0.4, 0.5) is 0 Å². The quantitative estimate of drug-likeness (QED) is 0.754. The van der Waals surface area contributed by atoms with Crippen LogP contribution in [0.1, 0.15) is 11.4 Å². The van der Waals surface area contributed by atoms with Gasteiger partial charge in [0.25, 0.3) is 0 Å². The van der Waals surface area contributed by atoms with Gasteiger partial charge in [0.2, 0.25) is 6.39 Å². The van der Waals surface area contributed by atoms with Gasteiger partial charge in [-0.3, -0.25) is 4.98 Å². The van der Waals surface area contributed by atoms with Crippen LogP contribution in [0.25, 0.3) is 10.9 Å². The topological polar surface area (TPSA) is 63.8 Å². The SMILES string of the molecule is c1cnc2c(CNCc3ncon3)cccc2c1. The zero-order valence-corrected chi connectivity index (χ0v) is 9.71. The summed E-state index contributed by atoms with van der Waals surface area (Å²) in [5.41, 5.74) is 2.19. The Morgan fingerprint density at radius 1 is 1.06 bits per heavy atom. The van der Waals surface area contributed by atoms with Crippen LogP contribution in [0, 0.1) is 0 Å². The van der Waals surface area contributed by atoms with Crippen LogP contribution in [0.2, 0.25) is 0 Å². The monoisotopic (exact) mass is 240 g/mol. The zero-order valence-electron chi connectivity index (χ0n) is 9.71. The lowest BCUT2D eigenvalue weighted by Crippen LogP contribution is -2.14. The van der Waals surface area contributed by atoms with Gasteiger partial charge in [0.15, 0.2) is 5.82 Å². The van der Waals surface area contributed by atoms with Crippen LogP contribution in [0.3, 0.4) is 0 Å². The van der Waals surface area contributed by atoms with E-state index in [0.29, 0.717) is 12.4 Å². The van der Waals surface area contributed by atoms with Gasteiger partial charge in [-0.15, -0.1) is 0 Å². The molecule has 0 atom stereocenters. The third kappa shape index (κ3) is 2.21. The fraction of sp³-hybridized carbons (Fsp3) is 0.154. The van der Waals surface area contributed by atoms with E-state index in [1.54, 1.807) is 0 Å². The molecule has 5 heteroatoms. The molecule has 0 amide bonds. The van der Waals surface area contributed by atoms with E-state index >= 15 is 0 Å². The fourth-order valence-corrected chi connectivity index (χ4v) is 1.89. The molecule has 3 aromatic rings. The Balaban J connectivity index is 1.74. The second-order valence-corrected chi connectivity index (χ2v) is 3.94. The number of aromatic nitrogens is 3. The maximum absolute atomic E-state index is 4.67. The van der Waals surface area contributed by atoms with Crippen LogP contribution in [0.5, 0.6) is 0 Å². The molecule has 0 bridgehead atoms. The highest BCUT2D eigenvalue weighted by Gasteiger charge is 2.02. The molecule has 0 saturated carbocycles. The smallest absolute Gasteiger partial charge is 0.213 e. The van der Waals surface area contributed by atoms with Crippen molar-refractivity contribution in [3.05, 3.63) is 54.3 Å². The fourth-order valence-electron chi connectivity index (χ4n) is 1.89. The Kier molecular flexibility index (Phi) is 2.97. The van der Waals surface area contributed by atoms with Crippen LogP contribution in [-0.4, -0.2) is 15.1 Å². The summed E-state index contributed by atoms with van der Waals surface area (Å²) in [6.07, 6.45) is 3.14. The van der Waals surface area contributed by atoms with E-state index in [2.05, 4.69) is 43.2 Å². The second-order valence-electron chi connectivity index (χ2n) is 3.94. The first-order valence-corrected chi connectivity index (χ1v) is 5.72. The summed E-state index contributed by atoms with van der Waals surface area (Å²) in [6.45, 7) is 1.31. The van der Waals surface area contributed by atoms with Crippen molar-refractivity contribution in [1.29, 1.82) is 0 Å². The third-order valence-corrected chi connectivity index (χ3v) is 2.72. The molecule has 0 saturated heterocycles. The summed E-state index contributed by atoms with van der Waals surface area (Å²) in [4.78, 5) is 8.36. The highest BCUT2D eigenvalue weighted by molar-refractivity contribution is 5.81. The number of pyridine rings is 1. The van der Waals surface area contributed by atoms with Gasteiger partial charge in [0.1, 0.15) is 0 Å². The lowest BCUT2D eigenvalue weighted by atomic mass is 10.1. The molecule has 0 fully saturated rings. The van der Waals surface area contributed by atoms with E-state index < -0.39 is 0 Å². The van der Waals surface area contributed by atoms with E-state index in [1.807, 2.05) is 18.3 Å². The number of hydrogen-bond acceptors (Lipinski definition) is 5. The van der Waals surface area contributed by atoms with Crippen molar-refractivity contribution in [3.8, 4) is 0 Å². The average molecular weight is 240 g/mol. The van der Waals surface area contributed by atoms with E-state index in [1.165, 1.54) is 6.39 Å². The summed E-state index contributed by atoms with van der Waals surface area (Å²) < 4.78 is 4.67. The maximum atomic E-state index is 4.67. The van der Waals surface area contributed by atoms with E-state index in [4.69, 9.17) is 0 Å². The minimum Gasteiger partial charge on any atom is -0.343 e. The molecule has 2 aromatic heterocycles. The molecule has 5 nitrogen and oxygen atoms in total. The van der Waals surface area contributed by atoms with Crippen molar-refractivity contribution in [1.82, 2.24) is 20.4 Å². The summed E-state index contributed by atoms with van der Waals surface area (Å²) in [5, 5.41) is 8.17. The molecule has 0 aliphatic rings. The molecular formula is C13H12N4O. The molecule has 2 heterocycles. The van der Waals surface area contributed by atoms with Crippen LogP contribution in [0.15, 0.2) is 47.4 Å². The molecule has 18 heavy (non-hydrogen) atoms. The van der Waals surface area contributed by atoms with E-state index in [-0.39, 0.29) is 0 Å². The molecule has 0 unspecified atom stereocenters. The van der Waals surface area contributed by atoms with Crippen molar-refractivity contribution in [3.63, 3.8) is 0 Å². The Morgan fingerprint density at radius 3 is 2.89 bits per heavy atom. The second kappa shape index (κ2) is 4.93. The molecule has 0 aliphatic heterocycles. The average Bonchev–Trinajstić information content (AvgIpc) is 2.92. The summed E-state index contributed by atoms with van der Waals surface area (Å²) in [7, 11) is 0. The molecule has 0 spiro atoms. The summed E-state index contributed by atoms with van der Waals surface area (Å²) in [5.74, 6) is 0.656. The van der Waals surface area contributed by atoms with Crippen molar-refractivity contribution in [2.75, 3.05) is 0 Å². The highest BCUT2D eigenvalue weighted by Crippen LogP contribution is 2.15. The Bertz CT molecular complexity index is 631. The van der Waals surface area contributed by atoms with Crippen molar-refractivity contribution in [2.24, 2.45) is 0 Å². The minimum absolute atomic E-state index is 0.583. The molecule has 0 radical (unpaired) electrons. The first-order chi connectivity index (χ1) is 8.93. The first kappa shape index (κ1) is 10.9. The van der Waals surface area contributed by atoms with Gasteiger partial charge in [-0.2, -0.15) is 4.98 Å². The van der Waals surface area contributed by atoms with E-state index in [0.717, 1.165) is 23.0 Å². The molecule has 1 aromatic carbocycles. The number of fused-ring (bicyclic) bond motifs is 1. The molecule has 0 aliphatic carbocycles. The highest BCUT2D eigenvalue weighted by atomic mass is 16.5. The van der Waals surface area contributed by atoms with Gasteiger partial charge < -0.3 is 9.84 Å². The number of nitrogens with zero attached hydrogens (tertiary/aromatic N) is 3.